The highest BCUT2D eigenvalue weighted by Gasteiger charge is 2.19. The number of likely N-dealkylation sites (N-methyl/N-ethyl adjacent to an activating group) is 2. The average Bonchev–Trinajstić information content (AvgIpc) is 2.63. The van der Waals surface area contributed by atoms with Crippen LogP contribution in [0.15, 0.2) is 53.5 Å². The Kier molecular flexibility index (Phi) is 6.90. The van der Waals surface area contributed by atoms with Crippen molar-refractivity contribution >= 4 is 11.8 Å². The Balaban J connectivity index is 2.25. The Morgan fingerprint density at radius 1 is 1.04 bits per heavy atom. The van der Waals surface area contributed by atoms with Gasteiger partial charge in [0.2, 0.25) is 5.91 Å². The molecule has 7 heteroatoms. The van der Waals surface area contributed by atoms with E-state index in [1.807, 2.05) is 49.3 Å². The number of hydrogen-bond donors (Lipinski definition) is 1. The Hall–Kier alpha value is -2.93. The summed E-state index contributed by atoms with van der Waals surface area (Å²) < 4.78 is 1.25. The van der Waals surface area contributed by atoms with Crippen LogP contribution in [0.2, 0.25) is 0 Å². The van der Waals surface area contributed by atoms with Crippen molar-refractivity contribution in [3.05, 3.63) is 70.1 Å². The monoisotopic (exact) mass is 370 g/mol. The van der Waals surface area contributed by atoms with Gasteiger partial charge in [-0.2, -0.15) is 0 Å². The molecule has 0 aliphatic carbocycles. The average molecular weight is 370 g/mol. The van der Waals surface area contributed by atoms with Crippen molar-refractivity contribution in [1.29, 1.82) is 0 Å². The maximum Gasteiger partial charge on any atom is 0.263 e. The van der Waals surface area contributed by atoms with E-state index in [0.29, 0.717) is 6.54 Å². The lowest BCUT2D eigenvalue weighted by Crippen LogP contribution is -2.39. The number of carbonyl (C=O) groups excluding carboxylic acids is 2. The van der Waals surface area contributed by atoms with Crippen LogP contribution >= 0.6 is 0 Å². The van der Waals surface area contributed by atoms with Gasteiger partial charge in [-0.05, 0) is 31.8 Å². The van der Waals surface area contributed by atoms with E-state index in [1.165, 1.54) is 21.7 Å². The van der Waals surface area contributed by atoms with Gasteiger partial charge in [0, 0.05) is 26.8 Å². The zero-order chi connectivity index (χ0) is 20.0. The molecule has 144 valence electrons. The number of rotatable bonds is 7. The lowest BCUT2D eigenvalue weighted by molar-refractivity contribution is -0.129. The van der Waals surface area contributed by atoms with E-state index >= 15 is 0 Å². The number of hydrogen-bond acceptors (Lipinski definition) is 4. The summed E-state index contributed by atoms with van der Waals surface area (Å²) in [4.78, 5) is 40.7. The molecule has 0 aliphatic rings. The Morgan fingerprint density at radius 3 is 2.30 bits per heavy atom. The molecule has 0 aliphatic heterocycles. The van der Waals surface area contributed by atoms with Crippen LogP contribution in [-0.2, 0) is 11.3 Å². The molecular weight excluding hydrogens is 344 g/mol. The number of nitrogens with zero attached hydrogens (tertiary/aromatic N) is 3. The predicted molar refractivity (Wildman–Crippen MR) is 105 cm³/mol. The van der Waals surface area contributed by atoms with Crippen LogP contribution in [0.25, 0.3) is 0 Å². The van der Waals surface area contributed by atoms with Gasteiger partial charge in [0.25, 0.3) is 11.5 Å². The molecule has 0 saturated heterocycles. The van der Waals surface area contributed by atoms with E-state index in [-0.39, 0.29) is 24.1 Å². The number of benzene rings is 1. The lowest BCUT2D eigenvalue weighted by atomic mass is 10.1. The van der Waals surface area contributed by atoms with Crippen LogP contribution in [-0.4, -0.2) is 60.9 Å². The number of nitrogens with one attached hydrogen (secondary N) is 1. The minimum absolute atomic E-state index is 0.0174. The van der Waals surface area contributed by atoms with Gasteiger partial charge in [-0.1, -0.05) is 30.3 Å². The van der Waals surface area contributed by atoms with Crippen molar-refractivity contribution in [3.8, 4) is 0 Å². The van der Waals surface area contributed by atoms with Gasteiger partial charge in [0.05, 0.1) is 6.04 Å². The summed E-state index contributed by atoms with van der Waals surface area (Å²) in [7, 11) is 7.08. The molecule has 0 spiro atoms. The molecular formula is C20H26N4O3. The van der Waals surface area contributed by atoms with Crippen LogP contribution in [0.4, 0.5) is 0 Å². The van der Waals surface area contributed by atoms with Crippen molar-refractivity contribution < 1.29 is 9.59 Å². The minimum atomic E-state index is -0.484. The van der Waals surface area contributed by atoms with Gasteiger partial charge in [-0.15, -0.1) is 0 Å². The number of pyridine rings is 1. The maximum absolute atomic E-state index is 12.8. The van der Waals surface area contributed by atoms with Crippen molar-refractivity contribution in [2.24, 2.45) is 0 Å². The van der Waals surface area contributed by atoms with Crippen LogP contribution in [0.3, 0.4) is 0 Å². The SMILES string of the molecule is CN(C)C[C@@H](NC(=O)c1cccn(CC(=O)N(C)C)c1=O)c1ccccc1. The quantitative estimate of drug-likeness (QED) is 0.788. The number of amides is 2. The molecule has 2 amide bonds. The minimum Gasteiger partial charge on any atom is -0.347 e. The van der Waals surface area contributed by atoms with Gasteiger partial charge in [0.1, 0.15) is 12.1 Å². The van der Waals surface area contributed by atoms with Gasteiger partial charge >= 0.3 is 0 Å². The molecule has 0 radical (unpaired) electrons. The Bertz CT molecular complexity index is 844. The topological polar surface area (TPSA) is 74.7 Å². The van der Waals surface area contributed by atoms with Gasteiger partial charge in [0.15, 0.2) is 0 Å². The van der Waals surface area contributed by atoms with E-state index in [1.54, 1.807) is 20.2 Å². The summed E-state index contributed by atoms with van der Waals surface area (Å²) >= 11 is 0. The molecule has 1 aromatic heterocycles. The highest BCUT2D eigenvalue weighted by atomic mass is 16.2. The summed E-state index contributed by atoms with van der Waals surface area (Å²) in [6.45, 7) is 0.489. The predicted octanol–water partition coefficient (Wildman–Crippen LogP) is 0.969. The van der Waals surface area contributed by atoms with Gasteiger partial charge < -0.3 is 19.7 Å². The second-order valence-electron chi connectivity index (χ2n) is 6.84. The summed E-state index contributed by atoms with van der Waals surface area (Å²) in [5, 5.41) is 2.94. The fourth-order valence-electron chi connectivity index (χ4n) is 2.64. The van der Waals surface area contributed by atoms with Crippen LogP contribution < -0.4 is 10.9 Å². The molecule has 1 N–H and O–H groups in total. The molecule has 27 heavy (non-hydrogen) atoms. The molecule has 7 nitrogen and oxygen atoms in total. The molecule has 0 unspecified atom stereocenters. The molecule has 2 rings (SSSR count). The molecule has 0 saturated carbocycles. The van der Waals surface area contributed by atoms with E-state index in [0.717, 1.165) is 5.56 Å². The maximum atomic E-state index is 12.8. The Morgan fingerprint density at radius 2 is 1.70 bits per heavy atom. The molecule has 0 fully saturated rings. The first-order chi connectivity index (χ1) is 12.8. The van der Waals surface area contributed by atoms with Crippen molar-refractivity contribution in [2.45, 2.75) is 12.6 Å². The molecule has 0 bridgehead atoms. The van der Waals surface area contributed by atoms with Crippen molar-refractivity contribution in [1.82, 2.24) is 19.7 Å². The fourth-order valence-corrected chi connectivity index (χ4v) is 2.64. The van der Waals surface area contributed by atoms with Gasteiger partial charge in [-0.25, -0.2) is 0 Å². The second kappa shape index (κ2) is 9.14. The standard InChI is InChI=1S/C20H26N4O3/c1-22(2)13-17(15-9-6-5-7-10-15)21-19(26)16-11-8-12-24(20(16)27)14-18(25)23(3)4/h5-12,17H,13-14H2,1-4H3,(H,21,26)/t17-/m1/s1. The highest BCUT2D eigenvalue weighted by Crippen LogP contribution is 2.14. The second-order valence-corrected chi connectivity index (χ2v) is 6.84. The largest absolute Gasteiger partial charge is 0.347 e. The third-order valence-corrected chi connectivity index (χ3v) is 4.12. The molecule has 2 aromatic rings. The van der Waals surface area contributed by atoms with Crippen molar-refractivity contribution in [2.75, 3.05) is 34.7 Å². The first-order valence-electron chi connectivity index (χ1n) is 8.69. The molecule has 1 atom stereocenters. The molecule has 1 aromatic carbocycles. The van der Waals surface area contributed by atoms with Crippen molar-refractivity contribution in [3.63, 3.8) is 0 Å². The van der Waals surface area contributed by atoms with Gasteiger partial charge in [-0.3, -0.25) is 14.4 Å². The van der Waals surface area contributed by atoms with E-state index in [2.05, 4.69) is 5.32 Å². The summed E-state index contributed by atoms with van der Waals surface area (Å²) in [5.74, 6) is -0.674. The smallest absolute Gasteiger partial charge is 0.263 e. The summed E-state index contributed by atoms with van der Waals surface area (Å²) in [6, 6.07) is 12.4. The third-order valence-electron chi connectivity index (χ3n) is 4.12. The zero-order valence-corrected chi connectivity index (χ0v) is 16.2. The summed E-state index contributed by atoms with van der Waals surface area (Å²) in [6.07, 6.45) is 1.51. The Labute approximate surface area is 159 Å². The number of carbonyl (C=O) groups is 2. The lowest BCUT2D eigenvalue weighted by Gasteiger charge is -2.23. The van der Waals surface area contributed by atoms with E-state index in [4.69, 9.17) is 0 Å². The van der Waals surface area contributed by atoms with E-state index < -0.39 is 11.5 Å². The third kappa shape index (κ3) is 5.52. The van der Waals surface area contributed by atoms with Crippen LogP contribution in [0, 0.1) is 0 Å². The summed E-state index contributed by atoms with van der Waals surface area (Å²) in [5.41, 5.74) is 0.490. The first-order valence-corrected chi connectivity index (χ1v) is 8.69. The van der Waals surface area contributed by atoms with Crippen LogP contribution in [0.1, 0.15) is 22.0 Å². The molecule has 1 heterocycles. The normalized spacial score (nSPS) is 11.9. The van der Waals surface area contributed by atoms with Crippen LogP contribution in [0.5, 0.6) is 0 Å². The number of aromatic nitrogens is 1. The first kappa shape index (κ1) is 20.4. The zero-order valence-electron chi connectivity index (χ0n) is 16.2. The fraction of sp³-hybridized carbons (Fsp3) is 0.350. The highest BCUT2D eigenvalue weighted by molar-refractivity contribution is 5.94. The van der Waals surface area contributed by atoms with E-state index in [9.17, 15) is 14.4 Å².